The van der Waals surface area contributed by atoms with Gasteiger partial charge in [0.2, 0.25) is 11.8 Å². The minimum atomic E-state index is -1.03. The molecule has 4 rings (SSSR count). The highest BCUT2D eigenvalue weighted by Gasteiger charge is 2.20. The third kappa shape index (κ3) is 3.32. The first kappa shape index (κ1) is 19.1. The molecule has 10 nitrogen and oxygen atoms in total. The number of nitro benzene ring substituents is 1. The van der Waals surface area contributed by atoms with Crippen molar-refractivity contribution in [1.82, 2.24) is 19.5 Å². The Bertz CT molecular complexity index is 1350. The van der Waals surface area contributed by atoms with E-state index in [1.807, 2.05) is 19.1 Å². The maximum Gasteiger partial charge on any atom is 0.332 e. The molecule has 0 atom stereocenters. The van der Waals surface area contributed by atoms with Gasteiger partial charge in [0.15, 0.2) is 0 Å². The summed E-state index contributed by atoms with van der Waals surface area (Å²) < 4.78 is 20.3. The summed E-state index contributed by atoms with van der Waals surface area (Å²) in [6.07, 6.45) is 1.43. The maximum atomic E-state index is 13.9. The molecular formula is C19H15FN6O4. The van der Waals surface area contributed by atoms with Crippen LogP contribution in [0, 0.1) is 22.9 Å². The number of nitrogens with zero attached hydrogens (tertiary/aromatic N) is 4. The number of hydrogen-bond acceptors (Lipinski definition) is 7. The lowest BCUT2D eigenvalue weighted by Crippen LogP contribution is -2.16. The predicted octanol–water partition coefficient (Wildman–Crippen LogP) is 3.22. The highest BCUT2D eigenvalue weighted by Crippen LogP contribution is 2.33. The number of hydrogen-bond donors (Lipinski definition) is 2. The molecule has 0 bridgehead atoms. The van der Waals surface area contributed by atoms with Gasteiger partial charge in [-0.2, -0.15) is 9.37 Å². The third-order valence-electron chi connectivity index (χ3n) is 4.42. The van der Waals surface area contributed by atoms with Crippen molar-refractivity contribution in [3.63, 3.8) is 0 Å². The van der Waals surface area contributed by atoms with Crippen LogP contribution in [0.25, 0.3) is 16.9 Å². The van der Waals surface area contributed by atoms with E-state index in [0.29, 0.717) is 11.0 Å². The molecule has 2 aromatic carbocycles. The zero-order valence-electron chi connectivity index (χ0n) is 15.8. The fraction of sp³-hybridized carbons (Fsp3) is 0.105. The predicted molar refractivity (Wildman–Crippen MR) is 107 cm³/mol. The van der Waals surface area contributed by atoms with E-state index in [0.717, 1.165) is 17.7 Å². The summed E-state index contributed by atoms with van der Waals surface area (Å²) in [7, 11) is 1.30. The Morgan fingerprint density at radius 3 is 2.80 bits per heavy atom. The fourth-order valence-electron chi connectivity index (χ4n) is 3.06. The summed E-state index contributed by atoms with van der Waals surface area (Å²) in [5.74, 6) is -0.673. The molecule has 0 saturated heterocycles. The molecule has 0 aliphatic carbocycles. The zero-order valence-corrected chi connectivity index (χ0v) is 15.8. The van der Waals surface area contributed by atoms with Crippen LogP contribution in [0.15, 0.2) is 47.4 Å². The molecule has 2 N–H and O–H groups in total. The molecule has 0 radical (unpaired) electrons. The number of methoxy groups -OCH3 is 1. The molecule has 0 saturated carbocycles. The first-order valence-electron chi connectivity index (χ1n) is 8.71. The van der Waals surface area contributed by atoms with Crippen molar-refractivity contribution in [2.24, 2.45) is 0 Å². The highest BCUT2D eigenvalue weighted by molar-refractivity contribution is 5.77. The molecule has 0 amide bonds. The molecule has 0 aliphatic heterocycles. The number of halogens is 1. The molecular weight excluding hydrogens is 395 g/mol. The molecule has 4 aromatic rings. The summed E-state index contributed by atoms with van der Waals surface area (Å²) in [5, 5.41) is 13.8. The standard InChI is InChI=1S/C19H15FN6O4/c1-10-3-4-14-12(7-10)23-19(27)25(14)17-5-6-21-18(24-17)22-13-9-15(26(28)29)11(20)8-16(13)30-2/h3-9H,1-2H3,(H,23,27)(H,21,22,24). The van der Waals surface area contributed by atoms with Crippen molar-refractivity contribution in [1.29, 1.82) is 0 Å². The zero-order chi connectivity index (χ0) is 21.4. The lowest BCUT2D eigenvalue weighted by Gasteiger charge is -2.11. The van der Waals surface area contributed by atoms with Gasteiger partial charge in [0.05, 0.1) is 28.8 Å². The number of nitrogens with one attached hydrogen (secondary N) is 2. The molecule has 0 unspecified atom stereocenters. The van der Waals surface area contributed by atoms with Gasteiger partial charge in [0.1, 0.15) is 11.6 Å². The first-order valence-corrected chi connectivity index (χ1v) is 8.71. The van der Waals surface area contributed by atoms with E-state index in [1.54, 1.807) is 12.1 Å². The highest BCUT2D eigenvalue weighted by atomic mass is 19.1. The van der Waals surface area contributed by atoms with Gasteiger partial charge in [-0.25, -0.2) is 14.3 Å². The second-order valence-electron chi connectivity index (χ2n) is 6.41. The van der Waals surface area contributed by atoms with Crippen molar-refractivity contribution < 1.29 is 14.1 Å². The number of aryl methyl sites for hydroxylation is 1. The van der Waals surface area contributed by atoms with E-state index in [2.05, 4.69) is 20.3 Å². The van der Waals surface area contributed by atoms with E-state index in [1.165, 1.54) is 17.9 Å². The molecule has 0 aliphatic rings. The Morgan fingerprint density at radius 1 is 1.27 bits per heavy atom. The lowest BCUT2D eigenvalue weighted by atomic mass is 10.2. The lowest BCUT2D eigenvalue weighted by molar-refractivity contribution is -0.387. The Kier molecular flexibility index (Phi) is 4.62. The topological polar surface area (TPSA) is 128 Å². The number of imidazole rings is 1. The Labute approximate surface area is 168 Å². The van der Waals surface area contributed by atoms with Gasteiger partial charge in [-0.15, -0.1) is 0 Å². The summed E-state index contributed by atoms with van der Waals surface area (Å²) in [4.78, 5) is 33.8. The van der Waals surface area contributed by atoms with Crippen LogP contribution in [0.2, 0.25) is 0 Å². The molecule has 152 valence electrons. The van der Waals surface area contributed by atoms with Crippen molar-refractivity contribution in [3.8, 4) is 11.6 Å². The minimum absolute atomic E-state index is 0.0341. The summed E-state index contributed by atoms with van der Waals surface area (Å²) in [5.41, 5.74) is 1.28. The van der Waals surface area contributed by atoms with Gasteiger partial charge in [0, 0.05) is 24.4 Å². The number of ether oxygens (including phenoxy) is 1. The van der Waals surface area contributed by atoms with Gasteiger partial charge >= 0.3 is 11.4 Å². The molecule has 0 spiro atoms. The number of H-pyrrole nitrogens is 1. The van der Waals surface area contributed by atoms with Gasteiger partial charge in [-0.1, -0.05) is 6.07 Å². The van der Waals surface area contributed by atoms with Gasteiger partial charge < -0.3 is 15.0 Å². The van der Waals surface area contributed by atoms with Crippen LogP contribution in [-0.4, -0.2) is 31.6 Å². The van der Waals surface area contributed by atoms with Gasteiger partial charge in [0.25, 0.3) is 0 Å². The Morgan fingerprint density at radius 2 is 2.07 bits per heavy atom. The van der Waals surface area contributed by atoms with Crippen LogP contribution >= 0.6 is 0 Å². The minimum Gasteiger partial charge on any atom is -0.494 e. The second-order valence-corrected chi connectivity index (χ2v) is 6.41. The average molecular weight is 410 g/mol. The maximum absolute atomic E-state index is 13.9. The van der Waals surface area contributed by atoms with E-state index in [9.17, 15) is 19.3 Å². The van der Waals surface area contributed by atoms with Crippen LogP contribution < -0.4 is 15.7 Å². The van der Waals surface area contributed by atoms with Crippen LogP contribution in [-0.2, 0) is 0 Å². The smallest absolute Gasteiger partial charge is 0.332 e. The number of aromatic amines is 1. The normalized spacial score (nSPS) is 10.9. The number of fused-ring (bicyclic) bond motifs is 1. The number of aromatic nitrogens is 4. The van der Waals surface area contributed by atoms with Crippen molar-refractivity contribution in [3.05, 3.63) is 74.6 Å². The molecule has 2 heterocycles. The SMILES string of the molecule is COc1cc(F)c([N+](=O)[O-])cc1Nc1nccc(-n2c(=O)[nH]c3cc(C)ccc32)n1. The van der Waals surface area contributed by atoms with Crippen molar-refractivity contribution in [2.75, 3.05) is 12.4 Å². The van der Waals surface area contributed by atoms with Crippen LogP contribution in [0.1, 0.15) is 5.56 Å². The molecule has 11 heteroatoms. The second kappa shape index (κ2) is 7.28. The summed E-state index contributed by atoms with van der Waals surface area (Å²) in [6, 6.07) is 8.95. The Balaban J connectivity index is 1.78. The van der Waals surface area contributed by atoms with E-state index < -0.39 is 16.4 Å². The van der Waals surface area contributed by atoms with Gasteiger partial charge in [-0.05, 0) is 24.6 Å². The quantitative estimate of drug-likeness (QED) is 0.382. The van der Waals surface area contributed by atoms with E-state index in [-0.39, 0.29) is 28.9 Å². The van der Waals surface area contributed by atoms with Gasteiger partial charge in [-0.3, -0.25) is 10.1 Å². The largest absolute Gasteiger partial charge is 0.494 e. The van der Waals surface area contributed by atoms with Crippen LogP contribution in [0.3, 0.4) is 0 Å². The number of rotatable bonds is 5. The van der Waals surface area contributed by atoms with Crippen LogP contribution in [0.4, 0.5) is 21.7 Å². The first-order chi connectivity index (χ1) is 14.4. The average Bonchev–Trinajstić information content (AvgIpc) is 3.03. The Hall–Kier alpha value is -4.28. The summed E-state index contributed by atoms with van der Waals surface area (Å²) >= 11 is 0. The third-order valence-corrected chi connectivity index (χ3v) is 4.42. The summed E-state index contributed by atoms with van der Waals surface area (Å²) in [6.45, 7) is 1.91. The monoisotopic (exact) mass is 410 g/mol. The molecule has 30 heavy (non-hydrogen) atoms. The number of anilines is 2. The van der Waals surface area contributed by atoms with Crippen molar-refractivity contribution in [2.45, 2.75) is 6.92 Å². The molecule has 0 fully saturated rings. The van der Waals surface area contributed by atoms with Crippen LogP contribution in [0.5, 0.6) is 5.75 Å². The molecule has 2 aromatic heterocycles. The van der Waals surface area contributed by atoms with E-state index in [4.69, 9.17) is 4.74 Å². The number of benzene rings is 2. The van der Waals surface area contributed by atoms with E-state index >= 15 is 0 Å². The fourth-order valence-corrected chi connectivity index (χ4v) is 3.06. The van der Waals surface area contributed by atoms with Crippen molar-refractivity contribution >= 4 is 28.4 Å². The number of nitro groups is 1.